The lowest BCUT2D eigenvalue weighted by molar-refractivity contribution is -0.124. The fourth-order valence-electron chi connectivity index (χ4n) is 1.68. The predicted octanol–water partition coefficient (Wildman–Crippen LogP) is 3.56. The molecule has 0 aromatic heterocycles. The Morgan fingerprint density at radius 1 is 1.45 bits per heavy atom. The van der Waals surface area contributed by atoms with Gasteiger partial charge in [0.1, 0.15) is 0 Å². The molecule has 6 heteroatoms. The Morgan fingerprint density at radius 3 is 2.80 bits per heavy atom. The van der Waals surface area contributed by atoms with Crippen LogP contribution in [0.1, 0.15) is 37.0 Å². The average molecular weight is 363 g/mol. The highest BCUT2D eigenvalue weighted by atomic mass is 79.9. The first kappa shape index (κ1) is 17.0. The second-order valence-corrected chi connectivity index (χ2v) is 5.78. The molecule has 1 N–H and O–H groups in total. The molecule has 1 amide bonds. The normalized spacial score (nSPS) is 11.8. The minimum Gasteiger partial charge on any atom is -0.452 e. The Morgan fingerprint density at radius 2 is 2.15 bits per heavy atom. The van der Waals surface area contributed by atoms with Gasteiger partial charge in [-0.2, -0.15) is 0 Å². The van der Waals surface area contributed by atoms with Crippen LogP contribution in [0.4, 0.5) is 0 Å². The number of nitrogens with one attached hydrogen (secondary N) is 1. The Hall–Kier alpha value is -1.07. The summed E-state index contributed by atoms with van der Waals surface area (Å²) in [6.07, 6.45) is 1.87. The van der Waals surface area contributed by atoms with Gasteiger partial charge in [0.15, 0.2) is 6.61 Å². The van der Waals surface area contributed by atoms with Crippen LogP contribution < -0.4 is 5.32 Å². The molecule has 0 aliphatic carbocycles. The molecule has 0 spiro atoms. The van der Waals surface area contributed by atoms with Gasteiger partial charge in [0.2, 0.25) is 0 Å². The zero-order valence-corrected chi connectivity index (χ0v) is 13.8. The van der Waals surface area contributed by atoms with E-state index < -0.39 is 5.97 Å². The quantitative estimate of drug-likeness (QED) is 0.787. The highest BCUT2D eigenvalue weighted by Gasteiger charge is 2.15. The zero-order chi connectivity index (χ0) is 15.1. The van der Waals surface area contributed by atoms with Gasteiger partial charge in [-0.1, -0.05) is 40.9 Å². The minimum atomic E-state index is -0.616. The number of carbonyl (C=O) groups excluding carboxylic acids is 2. The summed E-state index contributed by atoms with van der Waals surface area (Å²) in [7, 11) is 0. The van der Waals surface area contributed by atoms with E-state index >= 15 is 0 Å². The maximum atomic E-state index is 11.8. The van der Waals surface area contributed by atoms with Crippen molar-refractivity contribution < 1.29 is 14.3 Å². The van der Waals surface area contributed by atoms with Gasteiger partial charge in [-0.25, -0.2) is 4.79 Å². The first-order chi connectivity index (χ1) is 9.43. The lowest BCUT2D eigenvalue weighted by Gasteiger charge is -2.13. The fraction of sp³-hybridized carbons (Fsp3) is 0.429. The van der Waals surface area contributed by atoms with E-state index in [1.54, 1.807) is 18.2 Å². The number of hydrogen-bond acceptors (Lipinski definition) is 3. The van der Waals surface area contributed by atoms with Crippen molar-refractivity contribution in [2.24, 2.45) is 0 Å². The van der Waals surface area contributed by atoms with Crippen molar-refractivity contribution in [1.29, 1.82) is 0 Å². The van der Waals surface area contributed by atoms with E-state index in [-0.39, 0.29) is 29.1 Å². The third kappa shape index (κ3) is 5.51. The number of hydrogen-bond donors (Lipinski definition) is 1. The van der Waals surface area contributed by atoms with E-state index in [2.05, 4.69) is 21.2 Å². The summed E-state index contributed by atoms with van der Waals surface area (Å²) in [6, 6.07) is 4.94. The van der Waals surface area contributed by atoms with E-state index in [1.165, 1.54) is 0 Å². The second kappa shape index (κ2) is 8.27. The van der Waals surface area contributed by atoms with Crippen LogP contribution in [0.15, 0.2) is 22.7 Å². The Labute approximate surface area is 132 Å². The molecule has 1 atom stereocenters. The number of amides is 1. The van der Waals surface area contributed by atoms with Crippen molar-refractivity contribution in [3.63, 3.8) is 0 Å². The number of carbonyl (C=O) groups is 2. The first-order valence-electron chi connectivity index (χ1n) is 6.35. The standard InChI is InChI=1S/C14H17BrClNO3/c1-3-4-9(2)17-13(18)8-20-14(19)11-7-10(15)5-6-12(11)16/h5-7,9H,3-4,8H2,1-2H3,(H,17,18)/t9-/m1/s1. The van der Waals surface area contributed by atoms with E-state index in [0.717, 1.165) is 17.3 Å². The summed E-state index contributed by atoms with van der Waals surface area (Å²) >= 11 is 9.16. The maximum Gasteiger partial charge on any atom is 0.340 e. The third-order valence-electron chi connectivity index (χ3n) is 2.61. The Kier molecular flexibility index (Phi) is 7.02. The molecule has 0 saturated carbocycles. The summed E-state index contributed by atoms with van der Waals surface area (Å²) < 4.78 is 5.67. The van der Waals surface area contributed by atoms with Crippen molar-refractivity contribution in [2.45, 2.75) is 32.7 Å². The third-order valence-corrected chi connectivity index (χ3v) is 3.43. The highest BCUT2D eigenvalue weighted by Crippen LogP contribution is 2.21. The van der Waals surface area contributed by atoms with Crippen LogP contribution in [0.2, 0.25) is 5.02 Å². The predicted molar refractivity (Wildman–Crippen MR) is 81.9 cm³/mol. The van der Waals surface area contributed by atoms with E-state index in [0.29, 0.717) is 0 Å². The molecule has 0 fully saturated rings. The molecule has 1 aromatic carbocycles. The van der Waals surface area contributed by atoms with E-state index in [9.17, 15) is 9.59 Å². The smallest absolute Gasteiger partial charge is 0.340 e. The van der Waals surface area contributed by atoms with Gasteiger partial charge in [0.05, 0.1) is 10.6 Å². The maximum absolute atomic E-state index is 11.8. The van der Waals surface area contributed by atoms with Gasteiger partial charge in [0, 0.05) is 10.5 Å². The monoisotopic (exact) mass is 361 g/mol. The molecule has 0 saturated heterocycles. The molecule has 0 unspecified atom stereocenters. The molecule has 0 aliphatic rings. The van der Waals surface area contributed by atoms with Crippen LogP contribution in [0.3, 0.4) is 0 Å². The summed E-state index contributed by atoms with van der Waals surface area (Å²) in [6.45, 7) is 3.64. The summed E-state index contributed by atoms with van der Waals surface area (Å²) in [5.41, 5.74) is 0.232. The minimum absolute atomic E-state index is 0.0701. The van der Waals surface area contributed by atoms with Crippen LogP contribution in [-0.2, 0) is 9.53 Å². The van der Waals surface area contributed by atoms with Gasteiger partial charge in [-0.15, -0.1) is 0 Å². The molecule has 4 nitrogen and oxygen atoms in total. The molecular weight excluding hydrogens is 346 g/mol. The molecule has 20 heavy (non-hydrogen) atoms. The number of ether oxygens (including phenoxy) is 1. The molecule has 0 aliphatic heterocycles. The van der Waals surface area contributed by atoms with Crippen molar-refractivity contribution in [2.75, 3.05) is 6.61 Å². The van der Waals surface area contributed by atoms with Crippen molar-refractivity contribution in [3.8, 4) is 0 Å². The van der Waals surface area contributed by atoms with Crippen LogP contribution in [0, 0.1) is 0 Å². The van der Waals surface area contributed by atoms with Gasteiger partial charge < -0.3 is 10.1 Å². The molecule has 110 valence electrons. The molecule has 0 bridgehead atoms. The summed E-state index contributed by atoms with van der Waals surface area (Å²) in [5, 5.41) is 3.04. The van der Waals surface area contributed by atoms with Crippen LogP contribution in [0.25, 0.3) is 0 Å². The van der Waals surface area contributed by atoms with E-state index in [4.69, 9.17) is 16.3 Å². The highest BCUT2D eigenvalue weighted by molar-refractivity contribution is 9.10. The number of esters is 1. The Balaban J connectivity index is 2.51. The van der Waals surface area contributed by atoms with E-state index in [1.807, 2.05) is 13.8 Å². The molecule has 1 rings (SSSR count). The second-order valence-electron chi connectivity index (χ2n) is 4.46. The topological polar surface area (TPSA) is 55.4 Å². The molecule has 0 radical (unpaired) electrons. The largest absolute Gasteiger partial charge is 0.452 e. The first-order valence-corrected chi connectivity index (χ1v) is 7.52. The van der Waals surface area contributed by atoms with Crippen LogP contribution in [0.5, 0.6) is 0 Å². The van der Waals surface area contributed by atoms with Crippen LogP contribution in [-0.4, -0.2) is 24.5 Å². The summed E-state index contributed by atoms with van der Waals surface area (Å²) in [5.74, 6) is -0.931. The lowest BCUT2D eigenvalue weighted by atomic mass is 10.2. The zero-order valence-electron chi connectivity index (χ0n) is 11.4. The molecule has 0 heterocycles. The fourth-order valence-corrected chi connectivity index (χ4v) is 2.24. The van der Waals surface area contributed by atoms with Crippen LogP contribution >= 0.6 is 27.5 Å². The molecular formula is C14H17BrClNO3. The van der Waals surface area contributed by atoms with Gasteiger partial charge in [0.25, 0.3) is 5.91 Å². The Bertz CT molecular complexity index is 493. The van der Waals surface area contributed by atoms with Gasteiger partial charge >= 0.3 is 5.97 Å². The lowest BCUT2D eigenvalue weighted by Crippen LogP contribution is -2.35. The average Bonchev–Trinajstić information content (AvgIpc) is 2.39. The van der Waals surface area contributed by atoms with Gasteiger partial charge in [-0.3, -0.25) is 4.79 Å². The van der Waals surface area contributed by atoms with Crippen molar-refractivity contribution in [3.05, 3.63) is 33.3 Å². The number of halogens is 2. The summed E-state index contributed by atoms with van der Waals surface area (Å²) in [4.78, 5) is 23.4. The molecule has 1 aromatic rings. The number of rotatable bonds is 6. The SMILES string of the molecule is CCC[C@@H](C)NC(=O)COC(=O)c1cc(Br)ccc1Cl. The van der Waals surface area contributed by atoms with Crippen molar-refractivity contribution in [1.82, 2.24) is 5.32 Å². The number of benzene rings is 1. The van der Waals surface area contributed by atoms with Gasteiger partial charge in [-0.05, 0) is 31.5 Å². The van der Waals surface area contributed by atoms with Crippen molar-refractivity contribution >= 4 is 39.4 Å².